The molecule has 3 aromatic rings. The molecule has 5 nitrogen and oxygen atoms in total. The summed E-state index contributed by atoms with van der Waals surface area (Å²) in [7, 11) is 0. The first-order valence-electron chi connectivity index (χ1n) is 7.47. The van der Waals surface area contributed by atoms with Crippen molar-refractivity contribution in [3.63, 3.8) is 0 Å². The van der Waals surface area contributed by atoms with Gasteiger partial charge in [0.1, 0.15) is 17.7 Å². The van der Waals surface area contributed by atoms with Crippen molar-refractivity contribution in [3.8, 4) is 0 Å². The largest absolute Gasteiger partial charge is 0.386 e. The number of nitrogens with zero attached hydrogens (tertiary/aromatic N) is 4. The van der Waals surface area contributed by atoms with Gasteiger partial charge in [-0.25, -0.2) is 8.78 Å². The Balaban J connectivity index is 1.70. The Morgan fingerprint density at radius 3 is 2.71 bits per heavy atom. The fourth-order valence-electron chi connectivity index (χ4n) is 2.43. The first-order chi connectivity index (χ1) is 11.5. The van der Waals surface area contributed by atoms with Gasteiger partial charge in [0.15, 0.2) is 5.82 Å². The van der Waals surface area contributed by atoms with E-state index in [2.05, 4.69) is 15.4 Å². The number of rotatable bonds is 5. The van der Waals surface area contributed by atoms with Crippen molar-refractivity contribution in [1.82, 2.24) is 20.2 Å². The van der Waals surface area contributed by atoms with E-state index in [1.54, 1.807) is 0 Å². The Morgan fingerprint density at radius 2 is 1.96 bits per heavy atom. The highest BCUT2D eigenvalue weighted by Gasteiger charge is 2.16. The van der Waals surface area contributed by atoms with Crippen molar-refractivity contribution in [1.29, 1.82) is 0 Å². The molecule has 0 radical (unpaired) electrons. The standard InChI is InChI=1S/C17H16F2N4O/c1-11-4-2-3-5-12(11)8-17-20-22-23(21-17)10-16(24)14-7-6-13(18)9-15(14)19/h2-7,9,16,24H,8,10H2,1H3. The SMILES string of the molecule is Cc1ccccc1Cc1nnn(CC(O)c2ccc(F)cc2F)n1. The Morgan fingerprint density at radius 1 is 1.17 bits per heavy atom. The summed E-state index contributed by atoms with van der Waals surface area (Å²) >= 11 is 0. The van der Waals surface area contributed by atoms with E-state index in [-0.39, 0.29) is 12.1 Å². The van der Waals surface area contributed by atoms with Crippen molar-refractivity contribution < 1.29 is 13.9 Å². The van der Waals surface area contributed by atoms with Crippen LogP contribution in [-0.4, -0.2) is 25.3 Å². The predicted octanol–water partition coefficient (Wildman–Crippen LogP) is 2.58. The van der Waals surface area contributed by atoms with Crippen molar-refractivity contribution >= 4 is 0 Å². The maximum Gasteiger partial charge on any atom is 0.179 e. The minimum absolute atomic E-state index is 0.00541. The van der Waals surface area contributed by atoms with Crippen LogP contribution in [0.5, 0.6) is 0 Å². The van der Waals surface area contributed by atoms with Crippen molar-refractivity contribution in [2.24, 2.45) is 0 Å². The Labute approximate surface area is 137 Å². The van der Waals surface area contributed by atoms with Crippen LogP contribution in [0.3, 0.4) is 0 Å². The highest BCUT2D eigenvalue weighted by molar-refractivity contribution is 5.27. The number of hydrogen-bond acceptors (Lipinski definition) is 4. The van der Waals surface area contributed by atoms with E-state index in [1.807, 2.05) is 31.2 Å². The molecule has 2 aromatic carbocycles. The molecule has 0 saturated heterocycles. The lowest BCUT2D eigenvalue weighted by Gasteiger charge is -2.10. The summed E-state index contributed by atoms with van der Waals surface area (Å²) in [5.74, 6) is -0.985. The normalized spacial score (nSPS) is 12.3. The summed E-state index contributed by atoms with van der Waals surface area (Å²) in [6.45, 7) is 1.93. The molecule has 1 N–H and O–H groups in total. The zero-order chi connectivity index (χ0) is 17.1. The van der Waals surface area contributed by atoms with E-state index >= 15 is 0 Å². The molecule has 124 valence electrons. The summed E-state index contributed by atoms with van der Waals surface area (Å²) in [5, 5.41) is 22.1. The van der Waals surface area contributed by atoms with Crippen LogP contribution >= 0.6 is 0 Å². The Hall–Kier alpha value is -2.67. The summed E-state index contributed by atoms with van der Waals surface area (Å²) in [4.78, 5) is 1.21. The summed E-state index contributed by atoms with van der Waals surface area (Å²) < 4.78 is 26.6. The van der Waals surface area contributed by atoms with Gasteiger partial charge in [-0.05, 0) is 29.3 Å². The molecule has 0 bridgehead atoms. The number of tetrazole rings is 1. The average Bonchev–Trinajstić information content (AvgIpc) is 2.96. The molecular weight excluding hydrogens is 314 g/mol. The number of benzene rings is 2. The maximum atomic E-state index is 13.7. The molecule has 0 fully saturated rings. The lowest BCUT2D eigenvalue weighted by molar-refractivity contribution is 0.140. The molecule has 0 spiro atoms. The van der Waals surface area contributed by atoms with E-state index in [0.717, 1.165) is 23.3 Å². The molecule has 0 saturated carbocycles. The third-order valence-corrected chi connectivity index (χ3v) is 3.76. The van der Waals surface area contributed by atoms with Crippen molar-refractivity contribution in [2.45, 2.75) is 26.0 Å². The van der Waals surface area contributed by atoms with Crippen LogP contribution in [0.15, 0.2) is 42.5 Å². The fraction of sp³-hybridized carbons (Fsp3) is 0.235. The van der Waals surface area contributed by atoms with Gasteiger partial charge < -0.3 is 5.11 Å². The lowest BCUT2D eigenvalue weighted by Crippen LogP contribution is -2.13. The van der Waals surface area contributed by atoms with Gasteiger partial charge in [-0.15, -0.1) is 10.2 Å². The molecule has 1 atom stereocenters. The molecule has 7 heteroatoms. The predicted molar refractivity (Wildman–Crippen MR) is 83.1 cm³/mol. The smallest absolute Gasteiger partial charge is 0.179 e. The molecule has 3 rings (SSSR count). The van der Waals surface area contributed by atoms with Gasteiger partial charge in [0, 0.05) is 18.1 Å². The summed E-state index contributed by atoms with van der Waals surface area (Å²) in [6, 6.07) is 10.9. The number of aromatic nitrogens is 4. The number of aliphatic hydroxyl groups is 1. The Kier molecular flexibility index (Phi) is 4.61. The van der Waals surface area contributed by atoms with Gasteiger partial charge >= 0.3 is 0 Å². The third kappa shape index (κ3) is 3.62. The quantitative estimate of drug-likeness (QED) is 0.781. The van der Waals surface area contributed by atoms with Crippen molar-refractivity contribution in [2.75, 3.05) is 0 Å². The second-order valence-electron chi connectivity index (χ2n) is 5.55. The van der Waals surface area contributed by atoms with Crippen LogP contribution in [-0.2, 0) is 13.0 Å². The summed E-state index contributed by atoms with van der Waals surface area (Å²) in [5.41, 5.74) is 2.21. The second kappa shape index (κ2) is 6.84. The zero-order valence-electron chi connectivity index (χ0n) is 13.0. The molecule has 0 amide bonds. The minimum Gasteiger partial charge on any atom is -0.386 e. The first kappa shape index (κ1) is 16.2. The number of aryl methyl sites for hydroxylation is 1. The van der Waals surface area contributed by atoms with Gasteiger partial charge in [-0.1, -0.05) is 30.3 Å². The molecule has 1 heterocycles. The molecule has 1 unspecified atom stereocenters. The van der Waals surface area contributed by atoms with Crippen LogP contribution < -0.4 is 0 Å². The second-order valence-corrected chi connectivity index (χ2v) is 5.55. The number of aliphatic hydroxyl groups excluding tert-OH is 1. The number of hydrogen-bond donors (Lipinski definition) is 1. The van der Waals surface area contributed by atoms with Gasteiger partial charge in [0.2, 0.25) is 0 Å². The fourth-order valence-corrected chi connectivity index (χ4v) is 2.43. The van der Waals surface area contributed by atoms with E-state index in [1.165, 1.54) is 10.9 Å². The molecular formula is C17H16F2N4O. The topological polar surface area (TPSA) is 63.8 Å². The van der Waals surface area contributed by atoms with E-state index in [0.29, 0.717) is 12.2 Å². The van der Waals surface area contributed by atoms with E-state index in [9.17, 15) is 13.9 Å². The maximum absolute atomic E-state index is 13.7. The van der Waals surface area contributed by atoms with Gasteiger partial charge in [0.05, 0.1) is 6.54 Å². The summed E-state index contributed by atoms with van der Waals surface area (Å²) in [6.07, 6.45) is -0.667. The average molecular weight is 330 g/mol. The van der Waals surface area contributed by atoms with Crippen LogP contribution in [0.1, 0.15) is 28.6 Å². The molecule has 0 aliphatic rings. The van der Waals surface area contributed by atoms with Gasteiger partial charge in [0.25, 0.3) is 0 Å². The molecule has 0 aliphatic carbocycles. The number of halogens is 2. The van der Waals surface area contributed by atoms with Crippen LogP contribution in [0.25, 0.3) is 0 Å². The monoisotopic (exact) mass is 330 g/mol. The minimum atomic E-state index is -1.19. The van der Waals surface area contributed by atoms with Crippen LogP contribution in [0.2, 0.25) is 0 Å². The van der Waals surface area contributed by atoms with Crippen LogP contribution in [0.4, 0.5) is 8.78 Å². The molecule has 24 heavy (non-hydrogen) atoms. The van der Waals surface area contributed by atoms with E-state index < -0.39 is 17.7 Å². The van der Waals surface area contributed by atoms with Crippen LogP contribution in [0, 0.1) is 18.6 Å². The third-order valence-electron chi connectivity index (χ3n) is 3.76. The Bertz CT molecular complexity index is 850. The van der Waals surface area contributed by atoms with Gasteiger partial charge in [-0.2, -0.15) is 4.80 Å². The first-order valence-corrected chi connectivity index (χ1v) is 7.47. The molecule has 0 aliphatic heterocycles. The molecule has 1 aromatic heterocycles. The highest BCUT2D eigenvalue weighted by atomic mass is 19.1. The zero-order valence-corrected chi connectivity index (χ0v) is 13.0. The van der Waals surface area contributed by atoms with Gasteiger partial charge in [-0.3, -0.25) is 0 Å². The van der Waals surface area contributed by atoms with E-state index in [4.69, 9.17) is 0 Å². The van der Waals surface area contributed by atoms with Crippen molar-refractivity contribution in [3.05, 3.63) is 76.6 Å². The highest BCUT2D eigenvalue weighted by Crippen LogP contribution is 2.19. The lowest BCUT2D eigenvalue weighted by atomic mass is 10.1.